The molecule has 0 saturated carbocycles. The standard InChI is InChI=1S/C25H28N4O4/c26-18-6-7-22-20(14-18)23(24(30)29(22)19-8-12-32-13-9-19)21-15-28(11-10-27-21)25(31)33-16-17-4-2-1-3-5-17/h1-7,14,19,30H,8-13,15-16,26H2. The highest BCUT2D eigenvalue weighted by Crippen LogP contribution is 2.39. The van der Waals surface area contributed by atoms with Crippen LogP contribution in [0.2, 0.25) is 0 Å². The first-order chi connectivity index (χ1) is 16.1. The lowest BCUT2D eigenvalue weighted by Crippen LogP contribution is -2.41. The van der Waals surface area contributed by atoms with Crippen molar-refractivity contribution in [2.75, 3.05) is 38.6 Å². The van der Waals surface area contributed by atoms with E-state index in [9.17, 15) is 9.90 Å². The van der Waals surface area contributed by atoms with Gasteiger partial charge in [-0.15, -0.1) is 0 Å². The number of carbonyl (C=O) groups is 1. The van der Waals surface area contributed by atoms with Crippen LogP contribution in [0.4, 0.5) is 10.5 Å². The Morgan fingerprint density at radius 2 is 1.97 bits per heavy atom. The van der Waals surface area contributed by atoms with Crippen molar-refractivity contribution in [3.63, 3.8) is 0 Å². The molecule has 2 aliphatic heterocycles. The van der Waals surface area contributed by atoms with Crippen molar-refractivity contribution >= 4 is 28.4 Å². The molecule has 1 saturated heterocycles. The smallest absolute Gasteiger partial charge is 0.410 e. The maximum Gasteiger partial charge on any atom is 0.410 e. The summed E-state index contributed by atoms with van der Waals surface area (Å²) >= 11 is 0. The molecule has 0 spiro atoms. The van der Waals surface area contributed by atoms with E-state index in [-0.39, 0.29) is 25.1 Å². The number of hydrogen-bond donors (Lipinski definition) is 2. The number of nitrogen functional groups attached to an aromatic ring is 1. The van der Waals surface area contributed by atoms with Gasteiger partial charge in [0.2, 0.25) is 5.88 Å². The van der Waals surface area contributed by atoms with Crippen LogP contribution in [0.25, 0.3) is 10.9 Å². The van der Waals surface area contributed by atoms with Crippen LogP contribution >= 0.6 is 0 Å². The van der Waals surface area contributed by atoms with E-state index in [2.05, 4.69) is 4.99 Å². The summed E-state index contributed by atoms with van der Waals surface area (Å²) in [5, 5.41) is 12.2. The second-order valence-corrected chi connectivity index (χ2v) is 8.48. The predicted octanol–water partition coefficient (Wildman–Crippen LogP) is 3.72. The molecular weight excluding hydrogens is 420 g/mol. The molecule has 2 aliphatic rings. The summed E-state index contributed by atoms with van der Waals surface area (Å²) in [6, 6.07) is 15.4. The van der Waals surface area contributed by atoms with Gasteiger partial charge in [0.05, 0.1) is 29.9 Å². The molecule has 33 heavy (non-hydrogen) atoms. The van der Waals surface area contributed by atoms with Crippen molar-refractivity contribution in [2.45, 2.75) is 25.5 Å². The lowest BCUT2D eigenvalue weighted by atomic mass is 10.1. The monoisotopic (exact) mass is 448 g/mol. The number of anilines is 1. The number of ether oxygens (including phenoxy) is 2. The number of nitrogens with zero attached hydrogens (tertiary/aromatic N) is 3. The van der Waals surface area contributed by atoms with Crippen molar-refractivity contribution in [1.29, 1.82) is 0 Å². The molecule has 3 N–H and O–H groups in total. The number of fused-ring (bicyclic) bond motifs is 1. The van der Waals surface area contributed by atoms with Gasteiger partial charge in [-0.25, -0.2) is 4.79 Å². The van der Waals surface area contributed by atoms with E-state index in [1.165, 1.54) is 0 Å². The lowest BCUT2D eigenvalue weighted by molar-refractivity contribution is 0.0688. The quantitative estimate of drug-likeness (QED) is 0.592. The topological polar surface area (TPSA) is 102 Å². The fourth-order valence-corrected chi connectivity index (χ4v) is 4.66. The molecule has 0 bridgehead atoms. The molecule has 0 aliphatic carbocycles. The minimum Gasteiger partial charge on any atom is -0.494 e. The summed E-state index contributed by atoms with van der Waals surface area (Å²) < 4.78 is 13.0. The molecule has 3 aromatic rings. The Kier molecular flexibility index (Phi) is 5.92. The average molecular weight is 449 g/mol. The molecule has 1 amide bonds. The van der Waals surface area contributed by atoms with Crippen LogP contribution in [-0.4, -0.2) is 59.2 Å². The van der Waals surface area contributed by atoms with Crippen LogP contribution in [0, 0.1) is 0 Å². The summed E-state index contributed by atoms with van der Waals surface area (Å²) in [6.07, 6.45) is 1.26. The third-order valence-electron chi connectivity index (χ3n) is 6.32. The number of carbonyl (C=O) groups excluding carboxylic acids is 1. The zero-order valence-corrected chi connectivity index (χ0v) is 18.4. The van der Waals surface area contributed by atoms with Gasteiger partial charge in [-0.3, -0.25) is 4.99 Å². The second-order valence-electron chi connectivity index (χ2n) is 8.48. The van der Waals surface area contributed by atoms with Gasteiger partial charge in [-0.2, -0.15) is 0 Å². The number of hydrogen-bond acceptors (Lipinski definition) is 6. The number of benzene rings is 2. The fraction of sp³-hybridized carbons (Fsp3) is 0.360. The van der Waals surface area contributed by atoms with Crippen molar-refractivity contribution < 1.29 is 19.4 Å². The molecular formula is C25H28N4O4. The van der Waals surface area contributed by atoms with Gasteiger partial charge in [0, 0.05) is 36.9 Å². The highest BCUT2D eigenvalue weighted by Gasteiger charge is 2.30. The summed E-state index contributed by atoms with van der Waals surface area (Å²) in [7, 11) is 0. The SMILES string of the molecule is Nc1ccc2c(c1)c(C1=NCCN(C(=O)OCc3ccccc3)C1)c(O)n2C1CCOCC1. The molecule has 0 atom stereocenters. The van der Waals surface area contributed by atoms with Crippen LogP contribution in [0.5, 0.6) is 5.88 Å². The first kappa shape index (κ1) is 21.3. The van der Waals surface area contributed by atoms with E-state index in [0.29, 0.717) is 43.3 Å². The van der Waals surface area contributed by atoms with Crippen LogP contribution < -0.4 is 5.73 Å². The predicted molar refractivity (Wildman–Crippen MR) is 127 cm³/mol. The largest absolute Gasteiger partial charge is 0.494 e. The Balaban J connectivity index is 1.42. The highest BCUT2D eigenvalue weighted by atomic mass is 16.6. The molecule has 8 nitrogen and oxygen atoms in total. The number of rotatable bonds is 4. The third kappa shape index (κ3) is 4.26. The van der Waals surface area contributed by atoms with Gasteiger partial charge >= 0.3 is 6.09 Å². The van der Waals surface area contributed by atoms with E-state index in [4.69, 9.17) is 15.2 Å². The van der Waals surface area contributed by atoms with Crippen LogP contribution in [0.1, 0.15) is 30.0 Å². The third-order valence-corrected chi connectivity index (χ3v) is 6.32. The Morgan fingerprint density at radius 1 is 1.18 bits per heavy atom. The van der Waals surface area contributed by atoms with Crippen LogP contribution in [0.15, 0.2) is 53.5 Å². The number of aromatic hydroxyl groups is 1. The maximum atomic E-state index is 12.8. The number of aliphatic imine (C=N–C) groups is 1. The van der Waals surface area contributed by atoms with Gasteiger partial charge in [0.25, 0.3) is 0 Å². The summed E-state index contributed by atoms with van der Waals surface area (Å²) in [4.78, 5) is 19.1. The molecule has 1 aromatic heterocycles. The molecule has 1 fully saturated rings. The molecule has 2 aromatic carbocycles. The maximum absolute atomic E-state index is 12.8. The Morgan fingerprint density at radius 3 is 2.76 bits per heavy atom. The number of amides is 1. The van der Waals surface area contributed by atoms with Gasteiger partial charge in [0.1, 0.15) is 6.61 Å². The van der Waals surface area contributed by atoms with Gasteiger partial charge < -0.3 is 29.8 Å². The fourth-order valence-electron chi connectivity index (χ4n) is 4.66. The van der Waals surface area contributed by atoms with Gasteiger partial charge in [-0.05, 0) is 36.6 Å². The Hall–Kier alpha value is -3.52. The summed E-state index contributed by atoms with van der Waals surface area (Å²) in [5.41, 5.74) is 9.86. The van der Waals surface area contributed by atoms with Crippen LogP contribution in [-0.2, 0) is 16.1 Å². The van der Waals surface area contributed by atoms with E-state index in [0.717, 1.165) is 29.3 Å². The summed E-state index contributed by atoms with van der Waals surface area (Å²) in [6.45, 7) is 2.72. The number of nitrogens with two attached hydrogens (primary N) is 1. The molecule has 3 heterocycles. The van der Waals surface area contributed by atoms with E-state index < -0.39 is 6.09 Å². The molecule has 0 unspecified atom stereocenters. The molecule has 0 radical (unpaired) electrons. The zero-order valence-electron chi connectivity index (χ0n) is 18.4. The van der Waals surface area contributed by atoms with Crippen molar-refractivity contribution in [3.8, 4) is 5.88 Å². The first-order valence-electron chi connectivity index (χ1n) is 11.3. The highest BCUT2D eigenvalue weighted by molar-refractivity contribution is 6.15. The first-order valence-corrected chi connectivity index (χ1v) is 11.3. The molecule has 8 heteroatoms. The summed E-state index contributed by atoms with van der Waals surface area (Å²) in [5.74, 6) is 0.167. The lowest BCUT2D eigenvalue weighted by Gasteiger charge is -2.27. The normalized spacial score (nSPS) is 17.2. The van der Waals surface area contributed by atoms with E-state index >= 15 is 0 Å². The average Bonchev–Trinajstić information content (AvgIpc) is 3.14. The molecule has 172 valence electrons. The van der Waals surface area contributed by atoms with Crippen molar-refractivity contribution in [2.24, 2.45) is 4.99 Å². The minimum absolute atomic E-state index is 0.134. The molecule has 5 rings (SSSR count). The minimum atomic E-state index is -0.390. The van der Waals surface area contributed by atoms with Gasteiger partial charge in [-0.1, -0.05) is 30.3 Å². The Labute approximate surface area is 192 Å². The number of aromatic nitrogens is 1. The van der Waals surface area contributed by atoms with Gasteiger partial charge in [0.15, 0.2) is 0 Å². The second kappa shape index (κ2) is 9.15. The van der Waals surface area contributed by atoms with Crippen molar-refractivity contribution in [1.82, 2.24) is 9.47 Å². The van der Waals surface area contributed by atoms with Crippen molar-refractivity contribution in [3.05, 3.63) is 59.7 Å². The van der Waals surface area contributed by atoms with E-state index in [1.54, 1.807) is 4.90 Å². The zero-order chi connectivity index (χ0) is 22.8. The van der Waals surface area contributed by atoms with E-state index in [1.807, 2.05) is 53.1 Å². The Bertz CT molecular complexity index is 1180. The van der Waals surface area contributed by atoms with Crippen LogP contribution in [0.3, 0.4) is 0 Å².